The Hall–Kier alpha value is -3.60. The third-order valence-electron chi connectivity index (χ3n) is 7.68. The number of hydrogen-bond donors (Lipinski definition) is 1. The van der Waals surface area contributed by atoms with Crippen LogP contribution < -0.4 is 5.32 Å². The van der Waals surface area contributed by atoms with Crippen molar-refractivity contribution in [2.24, 2.45) is 5.92 Å². The van der Waals surface area contributed by atoms with Gasteiger partial charge in [0, 0.05) is 13.1 Å². The predicted molar refractivity (Wildman–Crippen MR) is 140 cm³/mol. The molecule has 1 saturated heterocycles. The minimum absolute atomic E-state index is 0.0606. The number of carbonyl (C=O) groups excluding carboxylic acids is 2. The van der Waals surface area contributed by atoms with Gasteiger partial charge in [-0.05, 0) is 47.9 Å². The Labute approximate surface area is 213 Å². The molecule has 3 atom stereocenters. The molecule has 1 heterocycles. The number of benzene rings is 3. The first-order chi connectivity index (χ1) is 17.6. The lowest BCUT2D eigenvalue weighted by Gasteiger charge is -2.24. The van der Waals surface area contributed by atoms with Crippen LogP contribution in [0.3, 0.4) is 0 Å². The van der Waals surface area contributed by atoms with E-state index in [0.717, 1.165) is 35.1 Å². The third kappa shape index (κ3) is 5.30. The van der Waals surface area contributed by atoms with E-state index in [0.29, 0.717) is 19.0 Å². The summed E-state index contributed by atoms with van der Waals surface area (Å²) in [6, 6.07) is 28.1. The number of rotatable bonds is 8. The van der Waals surface area contributed by atoms with Gasteiger partial charge < -0.3 is 10.1 Å². The van der Waals surface area contributed by atoms with Gasteiger partial charge in [0.25, 0.3) is 0 Å². The zero-order valence-corrected chi connectivity index (χ0v) is 20.8. The highest BCUT2D eigenvalue weighted by Crippen LogP contribution is 2.38. The molecule has 3 aromatic rings. The molecule has 0 radical (unpaired) electrons. The molecule has 0 spiro atoms. The van der Waals surface area contributed by atoms with Crippen molar-refractivity contribution >= 4 is 12.0 Å². The number of ether oxygens (including phenoxy) is 1. The van der Waals surface area contributed by atoms with Crippen molar-refractivity contribution in [3.05, 3.63) is 107 Å². The predicted octanol–water partition coefficient (Wildman–Crippen LogP) is 6.36. The lowest BCUT2D eigenvalue weighted by molar-refractivity contribution is -0.123. The highest BCUT2D eigenvalue weighted by Gasteiger charge is 2.39. The van der Waals surface area contributed by atoms with Gasteiger partial charge in [0.15, 0.2) is 0 Å². The highest BCUT2D eigenvalue weighted by molar-refractivity contribution is 5.84. The summed E-state index contributed by atoms with van der Waals surface area (Å²) in [4.78, 5) is 27.8. The van der Waals surface area contributed by atoms with Crippen molar-refractivity contribution in [1.29, 1.82) is 0 Å². The molecule has 36 heavy (non-hydrogen) atoms. The van der Waals surface area contributed by atoms with Gasteiger partial charge in [-0.2, -0.15) is 0 Å². The molecule has 186 valence electrons. The minimum atomic E-state index is -0.287. The maximum atomic E-state index is 13.3. The molecule has 2 aliphatic rings. The topological polar surface area (TPSA) is 58.6 Å². The van der Waals surface area contributed by atoms with Gasteiger partial charge in [-0.3, -0.25) is 9.69 Å². The largest absolute Gasteiger partial charge is 0.439 e. The summed E-state index contributed by atoms with van der Waals surface area (Å²) in [5.41, 5.74) is 4.20. The van der Waals surface area contributed by atoms with Crippen LogP contribution in [0.5, 0.6) is 0 Å². The fourth-order valence-corrected chi connectivity index (χ4v) is 5.65. The average Bonchev–Trinajstić information content (AvgIpc) is 3.54. The minimum Gasteiger partial charge on any atom is -0.439 e. The molecule has 1 N–H and O–H groups in total. The van der Waals surface area contributed by atoms with E-state index in [2.05, 4.69) is 29.6 Å². The molecule has 5 rings (SSSR count). The van der Waals surface area contributed by atoms with Gasteiger partial charge in [0.1, 0.15) is 6.10 Å². The number of amides is 2. The van der Waals surface area contributed by atoms with Gasteiger partial charge in [-0.15, -0.1) is 0 Å². The van der Waals surface area contributed by atoms with Crippen molar-refractivity contribution in [1.82, 2.24) is 10.2 Å². The van der Waals surface area contributed by atoms with E-state index < -0.39 is 0 Å². The van der Waals surface area contributed by atoms with E-state index in [1.54, 1.807) is 4.90 Å². The van der Waals surface area contributed by atoms with Gasteiger partial charge in [0.2, 0.25) is 5.91 Å². The highest BCUT2D eigenvalue weighted by atomic mass is 16.6. The van der Waals surface area contributed by atoms with E-state index in [9.17, 15) is 9.59 Å². The SMILES string of the molecule is C[C@H]1[C@@H](c2ccccc2)OC(=O)N1Cc1ccc(C(C(=O)NCc2ccccc2)C2CCCC2)cc1. The van der Waals surface area contributed by atoms with Gasteiger partial charge >= 0.3 is 6.09 Å². The van der Waals surface area contributed by atoms with E-state index in [-0.39, 0.29) is 30.1 Å². The quantitative estimate of drug-likeness (QED) is 0.406. The third-order valence-corrected chi connectivity index (χ3v) is 7.68. The number of nitrogens with zero attached hydrogens (tertiary/aromatic N) is 1. The van der Waals surface area contributed by atoms with Crippen LogP contribution in [-0.4, -0.2) is 22.9 Å². The second kappa shape index (κ2) is 11.0. The van der Waals surface area contributed by atoms with Gasteiger partial charge in [-0.25, -0.2) is 4.79 Å². The van der Waals surface area contributed by atoms with Crippen molar-refractivity contribution in [3.8, 4) is 0 Å². The summed E-state index contributed by atoms with van der Waals surface area (Å²) >= 11 is 0. The lowest BCUT2D eigenvalue weighted by Crippen LogP contribution is -2.33. The van der Waals surface area contributed by atoms with Crippen molar-refractivity contribution in [2.75, 3.05) is 0 Å². The average molecular weight is 483 g/mol. The van der Waals surface area contributed by atoms with Crippen molar-refractivity contribution in [2.45, 2.75) is 63.8 Å². The maximum absolute atomic E-state index is 13.3. The van der Waals surface area contributed by atoms with Crippen LogP contribution in [0.2, 0.25) is 0 Å². The lowest BCUT2D eigenvalue weighted by atomic mass is 9.83. The van der Waals surface area contributed by atoms with Gasteiger partial charge in [0.05, 0.1) is 12.0 Å². The molecule has 5 heteroatoms. The van der Waals surface area contributed by atoms with E-state index in [4.69, 9.17) is 4.74 Å². The second-order valence-corrected chi connectivity index (χ2v) is 10.1. The summed E-state index contributed by atoms with van der Waals surface area (Å²) in [5.74, 6) is 0.316. The molecule has 5 nitrogen and oxygen atoms in total. The molecule has 0 bridgehead atoms. The van der Waals surface area contributed by atoms with Crippen LogP contribution in [0.25, 0.3) is 0 Å². The summed E-state index contributed by atoms with van der Waals surface area (Å²) in [6.45, 7) is 3.06. The Balaban J connectivity index is 1.28. The summed E-state index contributed by atoms with van der Waals surface area (Å²) in [6.07, 6.45) is 3.99. The Morgan fingerprint density at radius 3 is 2.22 bits per heavy atom. The van der Waals surface area contributed by atoms with Crippen molar-refractivity contribution < 1.29 is 14.3 Å². The van der Waals surface area contributed by atoms with E-state index in [1.807, 2.05) is 67.6 Å². The molecule has 1 aliphatic carbocycles. The first-order valence-corrected chi connectivity index (χ1v) is 13.0. The van der Waals surface area contributed by atoms with Crippen LogP contribution in [-0.2, 0) is 22.6 Å². The first kappa shape index (κ1) is 24.1. The molecule has 1 aliphatic heterocycles. The molecule has 3 aromatic carbocycles. The Morgan fingerprint density at radius 1 is 0.917 bits per heavy atom. The number of carbonyl (C=O) groups is 2. The summed E-state index contributed by atoms with van der Waals surface area (Å²) in [5, 5.41) is 3.17. The number of cyclic esters (lactones) is 1. The number of hydrogen-bond acceptors (Lipinski definition) is 3. The smallest absolute Gasteiger partial charge is 0.411 e. The van der Waals surface area contributed by atoms with Crippen LogP contribution in [0, 0.1) is 5.92 Å². The van der Waals surface area contributed by atoms with Crippen LogP contribution in [0.1, 0.15) is 66.9 Å². The Kier molecular flexibility index (Phi) is 7.36. The summed E-state index contributed by atoms with van der Waals surface area (Å²) in [7, 11) is 0. The van der Waals surface area contributed by atoms with Crippen molar-refractivity contribution in [3.63, 3.8) is 0 Å². The Bertz CT molecular complexity index is 1160. The number of nitrogens with one attached hydrogen (secondary N) is 1. The Morgan fingerprint density at radius 2 is 1.56 bits per heavy atom. The fourth-order valence-electron chi connectivity index (χ4n) is 5.65. The standard InChI is InChI=1S/C31H34N2O3/c1-22-29(27-14-6-3-7-15-27)36-31(35)33(22)21-24-16-18-26(19-17-24)28(25-12-8-9-13-25)30(34)32-20-23-10-4-2-5-11-23/h2-7,10-11,14-19,22,25,28-29H,8-9,12-13,20-21H2,1H3,(H,32,34)/t22-,28?,29-/m0/s1. The molecular formula is C31H34N2O3. The zero-order valence-electron chi connectivity index (χ0n) is 20.8. The van der Waals surface area contributed by atoms with E-state index >= 15 is 0 Å². The molecule has 1 saturated carbocycles. The maximum Gasteiger partial charge on any atom is 0.411 e. The fraction of sp³-hybridized carbons (Fsp3) is 0.355. The normalized spacial score (nSPS) is 20.8. The zero-order chi connectivity index (χ0) is 24.9. The molecule has 2 fully saturated rings. The molecule has 2 amide bonds. The molecular weight excluding hydrogens is 448 g/mol. The first-order valence-electron chi connectivity index (χ1n) is 13.0. The van der Waals surface area contributed by atoms with Crippen LogP contribution >= 0.6 is 0 Å². The van der Waals surface area contributed by atoms with Crippen LogP contribution in [0.4, 0.5) is 4.79 Å². The summed E-state index contributed by atoms with van der Waals surface area (Å²) < 4.78 is 5.70. The monoisotopic (exact) mass is 482 g/mol. The van der Waals surface area contributed by atoms with Gasteiger partial charge in [-0.1, -0.05) is 97.8 Å². The van der Waals surface area contributed by atoms with E-state index in [1.165, 1.54) is 12.8 Å². The second-order valence-electron chi connectivity index (χ2n) is 10.1. The molecule has 1 unspecified atom stereocenters. The molecule has 0 aromatic heterocycles. The van der Waals surface area contributed by atoms with Crippen LogP contribution in [0.15, 0.2) is 84.9 Å².